The van der Waals surface area contributed by atoms with Gasteiger partial charge in [0, 0.05) is 28.4 Å². The fourth-order valence-corrected chi connectivity index (χ4v) is 2.34. The lowest BCUT2D eigenvalue weighted by molar-refractivity contribution is 0.0953. The summed E-state index contributed by atoms with van der Waals surface area (Å²) in [4.78, 5) is 24.4. The fraction of sp³-hybridized carbons (Fsp3) is 0.263. The summed E-state index contributed by atoms with van der Waals surface area (Å²) in [6.45, 7) is 2.76. The molecule has 0 unspecified atom stereocenters. The normalized spacial score (nSPS) is 10.2. The van der Waals surface area contributed by atoms with E-state index in [0.29, 0.717) is 28.4 Å². The van der Waals surface area contributed by atoms with Crippen molar-refractivity contribution in [3.05, 3.63) is 64.7 Å². The van der Waals surface area contributed by atoms with Crippen molar-refractivity contribution in [3.8, 4) is 0 Å². The summed E-state index contributed by atoms with van der Waals surface area (Å²) in [6.07, 6.45) is 3.15. The SMILES string of the molecule is CCCCCNC(=O)c1cccc(C(=O)Nc2ccc(Cl)cc2)c1. The second kappa shape index (κ2) is 9.08. The van der Waals surface area contributed by atoms with E-state index in [4.69, 9.17) is 11.6 Å². The Balaban J connectivity index is 1.99. The van der Waals surface area contributed by atoms with Crippen molar-refractivity contribution in [1.82, 2.24) is 5.32 Å². The third kappa shape index (κ3) is 5.39. The van der Waals surface area contributed by atoms with Crippen LogP contribution in [0.2, 0.25) is 5.02 Å². The molecule has 126 valence electrons. The average Bonchev–Trinajstić information content (AvgIpc) is 2.60. The number of rotatable bonds is 7. The van der Waals surface area contributed by atoms with Gasteiger partial charge in [-0.3, -0.25) is 9.59 Å². The molecule has 0 aromatic heterocycles. The Morgan fingerprint density at radius 1 is 0.958 bits per heavy atom. The number of hydrogen-bond acceptors (Lipinski definition) is 2. The Morgan fingerprint density at radius 3 is 2.29 bits per heavy atom. The highest BCUT2D eigenvalue weighted by Gasteiger charge is 2.10. The smallest absolute Gasteiger partial charge is 0.255 e. The maximum atomic E-state index is 12.3. The van der Waals surface area contributed by atoms with Gasteiger partial charge in [0.2, 0.25) is 0 Å². The van der Waals surface area contributed by atoms with Crippen LogP contribution < -0.4 is 10.6 Å². The topological polar surface area (TPSA) is 58.2 Å². The number of nitrogens with one attached hydrogen (secondary N) is 2. The van der Waals surface area contributed by atoms with Crippen LogP contribution in [-0.4, -0.2) is 18.4 Å². The average molecular weight is 345 g/mol. The van der Waals surface area contributed by atoms with Crippen molar-refractivity contribution < 1.29 is 9.59 Å². The van der Waals surface area contributed by atoms with Gasteiger partial charge in [-0.25, -0.2) is 0 Å². The molecule has 0 fully saturated rings. The first-order valence-corrected chi connectivity index (χ1v) is 8.43. The van der Waals surface area contributed by atoms with E-state index in [0.717, 1.165) is 19.3 Å². The van der Waals surface area contributed by atoms with Crippen molar-refractivity contribution >= 4 is 29.1 Å². The molecule has 2 aromatic carbocycles. The zero-order valence-corrected chi connectivity index (χ0v) is 14.4. The first-order valence-electron chi connectivity index (χ1n) is 8.05. The summed E-state index contributed by atoms with van der Waals surface area (Å²) < 4.78 is 0. The number of benzene rings is 2. The molecule has 2 amide bonds. The van der Waals surface area contributed by atoms with Gasteiger partial charge >= 0.3 is 0 Å². The highest BCUT2D eigenvalue weighted by molar-refractivity contribution is 6.30. The molecule has 0 saturated carbocycles. The molecule has 0 saturated heterocycles. The highest BCUT2D eigenvalue weighted by atomic mass is 35.5. The van der Waals surface area contributed by atoms with Crippen LogP contribution in [0.3, 0.4) is 0 Å². The predicted octanol–water partition coefficient (Wildman–Crippen LogP) is 4.51. The molecule has 2 aromatic rings. The summed E-state index contributed by atoms with van der Waals surface area (Å²) in [5, 5.41) is 6.26. The van der Waals surface area contributed by atoms with E-state index in [-0.39, 0.29) is 11.8 Å². The summed E-state index contributed by atoms with van der Waals surface area (Å²) in [5.41, 5.74) is 1.57. The van der Waals surface area contributed by atoms with Crippen molar-refractivity contribution in [2.45, 2.75) is 26.2 Å². The third-order valence-corrected chi connectivity index (χ3v) is 3.81. The molecule has 0 radical (unpaired) electrons. The van der Waals surface area contributed by atoms with E-state index in [9.17, 15) is 9.59 Å². The number of carbonyl (C=O) groups excluding carboxylic acids is 2. The van der Waals surface area contributed by atoms with Gasteiger partial charge in [-0.15, -0.1) is 0 Å². The minimum Gasteiger partial charge on any atom is -0.352 e. The minimum atomic E-state index is -0.266. The lowest BCUT2D eigenvalue weighted by atomic mass is 10.1. The number of unbranched alkanes of at least 4 members (excludes halogenated alkanes) is 2. The zero-order chi connectivity index (χ0) is 17.4. The zero-order valence-electron chi connectivity index (χ0n) is 13.6. The van der Waals surface area contributed by atoms with E-state index in [1.165, 1.54) is 0 Å². The van der Waals surface area contributed by atoms with Crippen LogP contribution >= 0.6 is 11.6 Å². The number of amides is 2. The van der Waals surface area contributed by atoms with Gasteiger partial charge in [-0.2, -0.15) is 0 Å². The monoisotopic (exact) mass is 344 g/mol. The van der Waals surface area contributed by atoms with E-state index in [1.807, 2.05) is 0 Å². The van der Waals surface area contributed by atoms with Gasteiger partial charge in [0.25, 0.3) is 11.8 Å². The lowest BCUT2D eigenvalue weighted by Gasteiger charge is -2.08. The molecule has 2 rings (SSSR count). The standard InChI is InChI=1S/C19H21ClN2O2/c1-2-3-4-12-21-18(23)14-6-5-7-15(13-14)19(24)22-17-10-8-16(20)9-11-17/h5-11,13H,2-4,12H2,1H3,(H,21,23)(H,22,24). The summed E-state index contributed by atoms with van der Waals surface area (Å²) in [6, 6.07) is 13.6. The molecule has 5 heteroatoms. The Hall–Kier alpha value is -2.33. The fourth-order valence-electron chi connectivity index (χ4n) is 2.22. The number of anilines is 1. The summed E-state index contributed by atoms with van der Waals surface area (Å²) >= 11 is 5.83. The Morgan fingerprint density at radius 2 is 1.62 bits per heavy atom. The van der Waals surface area contributed by atoms with E-state index in [2.05, 4.69) is 17.6 Å². The molecule has 2 N–H and O–H groups in total. The van der Waals surface area contributed by atoms with Gasteiger partial charge in [0.1, 0.15) is 0 Å². The molecule has 0 aliphatic heterocycles. The molecule has 24 heavy (non-hydrogen) atoms. The molecule has 0 atom stereocenters. The van der Waals surface area contributed by atoms with Crippen molar-refractivity contribution in [2.75, 3.05) is 11.9 Å². The van der Waals surface area contributed by atoms with Crippen molar-refractivity contribution in [1.29, 1.82) is 0 Å². The molecular formula is C19H21ClN2O2. The molecular weight excluding hydrogens is 324 g/mol. The molecule has 0 bridgehead atoms. The molecule has 4 nitrogen and oxygen atoms in total. The quantitative estimate of drug-likeness (QED) is 0.726. The first-order chi connectivity index (χ1) is 11.6. The van der Waals surface area contributed by atoms with Gasteiger partial charge < -0.3 is 10.6 Å². The van der Waals surface area contributed by atoms with E-state index in [1.54, 1.807) is 48.5 Å². The van der Waals surface area contributed by atoms with E-state index >= 15 is 0 Å². The van der Waals surface area contributed by atoms with Crippen molar-refractivity contribution in [3.63, 3.8) is 0 Å². The van der Waals surface area contributed by atoms with Gasteiger partial charge in [-0.05, 0) is 48.9 Å². The van der Waals surface area contributed by atoms with Crippen LogP contribution in [0.15, 0.2) is 48.5 Å². The van der Waals surface area contributed by atoms with Gasteiger partial charge in [-0.1, -0.05) is 37.4 Å². The Labute approximate surface area is 147 Å². The van der Waals surface area contributed by atoms with Crippen LogP contribution in [0.25, 0.3) is 0 Å². The second-order valence-electron chi connectivity index (χ2n) is 5.50. The van der Waals surface area contributed by atoms with Crippen LogP contribution in [-0.2, 0) is 0 Å². The molecule has 0 aliphatic carbocycles. The highest BCUT2D eigenvalue weighted by Crippen LogP contribution is 2.15. The maximum Gasteiger partial charge on any atom is 0.255 e. The van der Waals surface area contributed by atoms with Gasteiger partial charge in [0.15, 0.2) is 0 Å². The Bertz CT molecular complexity index is 699. The number of hydrogen-bond donors (Lipinski definition) is 2. The largest absolute Gasteiger partial charge is 0.352 e. The number of halogens is 1. The molecule has 0 spiro atoms. The molecule has 0 heterocycles. The maximum absolute atomic E-state index is 12.3. The predicted molar refractivity (Wildman–Crippen MR) is 97.7 cm³/mol. The lowest BCUT2D eigenvalue weighted by Crippen LogP contribution is -2.24. The van der Waals surface area contributed by atoms with E-state index < -0.39 is 0 Å². The van der Waals surface area contributed by atoms with Crippen LogP contribution in [0, 0.1) is 0 Å². The van der Waals surface area contributed by atoms with Crippen molar-refractivity contribution in [2.24, 2.45) is 0 Å². The number of carbonyl (C=O) groups is 2. The van der Waals surface area contributed by atoms with Crippen LogP contribution in [0.4, 0.5) is 5.69 Å². The first kappa shape index (κ1) is 18.0. The van der Waals surface area contributed by atoms with Gasteiger partial charge in [0.05, 0.1) is 0 Å². The van der Waals surface area contributed by atoms with Crippen LogP contribution in [0.1, 0.15) is 46.9 Å². The van der Waals surface area contributed by atoms with Crippen LogP contribution in [0.5, 0.6) is 0 Å². The minimum absolute atomic E-state index is 0.160. The second-order valence-corrected chi connectivity index (χ2v) is 5.94. The molecule has 0 aliphatic rings. The summed E-state index contributed by atoms with van der Waals surface area (Å²) in [7, 11) is 0. The Kier molecular flexibility index (Phi) is 6.82. The third-order valence-electron chi connectivity index (χ3n) is 3.55. The summed E-state index contributed by atoms with van der Waals surface area (Å²) in [5.74, 6) is -0.426.